The van der Waals surface area contributed by atoms with E-state index in [0.717, 1.165) is 0 Å². The lowest BCUT2D eigenvalue weighted by atomic mass is 10.1. The number of rotatable bonds is 3. The zero-order valence-corrected chi connectivity index (χ0v) is 9.00. The van der Waals surface area contributed by atoms with E-state index in [4.69, 9.17) is 4.84 Å². The fourth-order valence-electron chi connectivity index (χ4n) is 1.11. The van der Waals surface area contributed by atoms with Crippen LogP contribution in [0, 0.1) is 12.7 Å². The number of hydroxylamine groups is 1. The lowest BCUT2D eigenvalue weighted by Gasteiger charge is -2.09. The molecule has 0 unspecified atom stereocenters. The molecule has 0 aliphatic carbocycles. The van der Waals surface area contributed by atoms with Crippen molar-refractivity contribution >= 4 is 5.91 Å². The molecule has 1 amide bonds. The number of carbonyl (C=O) groups is 1. The molecule has 0 spiro atoms. The number of carbonyl (C=O) groups excluding carboxylic acids is 1. The molecule has 0 radical (unpaired) electrons. The fraction of sp³-hybridized carbons (Fsp3) is 0.364. The van der Waals surface area contributed by atoms with Crippen molar-refractivity contribution in [2.45, 2.75) is 26.9 Å². The van der Waals surface area contributed by atoms with Crippen LogP contribution in [0.3, 0.4) is 0 Å². The third-order valence-corrected chi connectivity index (χ3v) is 1.82. The summed E-state index contributed by atoms with van der Waals surface area (Å²) in [7, 11) is 0. The van der Waals surface area contributed by atoms with Crippen molar-refractivity contribution < 1.29 is 14.0 Å². The quantitative estimate of drug-likeness (QED) is 0.778. The van der Waals surface area contributed by atoms with Crippen LogP contribution >= 0.6 is 0 Å². The number of hydrogen-bond acceptors (Lipinski definition) is 2. The van der Waals surface area contributed by atoms with Crippen LogP contribution in [0.15, 0.2) is 18.2 Å². The Bertz CT molecular complexity index is 364. The molecule has 0 saturated carbocycles. The second kappa shape index (κ2) is 4.89. The molecule has 0 heterocycles. The summed E-state index contributed by atoms with van der Waals surface area (Å²) >= 11 is 0. The molecule has 82 valence electrons. The topological polar surface area (TPSA) is 38.3 Å². The van der Waals surface area contributed by atoms with Gasteiger partial charge in [-0.3, -0.25) is 9.63 Å². The Kier molecular flexibility index (Phi) is 3.80. The van der Waals surface area contributed by atoms with E-state index in [1.54, 1.807) is 20.8 Å². The van der Waals surface area contributed by atoms with Gasteiger partial charge in [0.05, 0.1) is 6.10 Å². The maximum absolute atomic E-state index is 12.8. The van der Waals surface area contributed by atoms with Crippen LogP contribution < -0.4 is 5.48 Å². The van der Waals surface area contributed by atoms with E-state index in [1.807, 2.05) is 0 Å². The molecule has 3 nitrogen and oxygen atoms in total. The first kappa shape index (κ1) is 11.7. The van der Waals surface area contributed by atoms with Gasteiger partial charge in [-0.05, 0) is 44.5 Å². The minimum Gasteiger partial charge on any atom is -0.271 e. The van der Waals surface area contributed by atoms with Gasteiger partial charge in [-0.1, -0.05) is 0 Å². The van der Waals surface area contributed by atoms with Gasteiger partial charge in [0.1, 0.15) is 5.82 Å². The van der Waals surface area contributed by atoms with Crippen LogP contribution in [0.5, 0.6) is 0 Å². The SMILES string of the molecule is Cc1cc(F)ccc1C(=O)NOC(C)C. The predicted molar refractivity (Wildman–Crippen MR) is 54.8 cm³/mol. The highest BCUT2D eigenvalue weighted by Crippen LogP contribution is 2.09. The van der Waals surface area contributed by atoms with E-state index in [2.05, 4.69) is 5.48 Å². The van der Waals surface area contributed by atoms with E-state index in [9.17, 15) is 9.18 Å². The molecule has 0 aliphatic heterocycles. The summed E-state index contributed by atoms with van der Waals surface area (Å²) < 4.78 is 12.8. The fourth-order valence-corrected chi connectivity index (χ4v) is 1.11. The Morgan fingerprint density at radius 2 is 2.13 bits per heavy atom. The Morgan fingerprint density at radius 1 is 1.47 bits per heavy atom. The second-order valence-electron chi connectivity index (χ2n) is 3.56. The van der Waals surface area contributed by atoms with Gasteiger partial charge >= 0.3 is 0 Å². The maximum atomic E-state index is 12.8. The summed E-state index contributed by atoms with van der Waals surface area (Å²) in [5, 5.41) is 0. The number of halogens is 1. The van der Waals surface area contributed by atoms with Crippen LogP contribution in [-0.4, -0.2) is 12.0 Å². The highest BCUT2D eigenvalue weighted by atomic mass is 19.1. The monoisotopic (exact) mass is 211 g/mol. The number of nitrogens with one attached hydrogen (secondary N) is 1. The number of benzene rings is 1. The summed E-state index contributed by atoms with van der Waals surface area (Å²) in [6, 6.07) is 3.99. The van der Waals surface area contributed by atoms with Gasteiger partial charge in [0.25, 0.3) is 5.91 Å². The van der Waals surface area contributed by atoms with Gasteiger partial charge in [0.15, 0.2) is 0 Å². The van der Waals surface area contributed by atoms with Gasteiger partial charge in [0, 0.05) is 5.56 Å². The highest BCUT2D eigenvalue weighted by Gasteiger charge is 2.09. The summed E-state index contributed by atoms with van der Waals surface area (Å²) in [4.78, 5) is 16.5. The van der Waals surface area contributed by atoms with Crippen LogP contribution in [-0.2, 0) is 4.84 Å². The van der Waals surface area contributed by atoms with Gasteiger partial charge in [0.2, 0.25) is 0 Å². The molecule has 0 aliphatic rings. The number of hydrogen-bond donors (Lipinski definition) is 1. The molecule has 0 atom stereocenters. The normalized spacial score (nSPS) is 10.5. The molecular weight excluding hydrogens is 197 g/mol. The van der Waals surface area contributed by atoms with Crippen molar-refractivity contribution in [2.75, 3.05) is 0 Å². The Labute approximate surface area is 88.2 Å². The molecule has 1 aromatic carbocycles. The van der Waals surface area contributed by atoms with E-state index in [1.165, 1.54) is 18.2 Å². The molecule has 1 N–H and O–H groups in total. The minimum absolute atomic E-state index is 0.0882. The minimum atomic E-state index is -0.360. The summed E-state index contributed by atoms with van der Waals surface area (Å²) in [5.41, 5.74) is 3.29. The molecular formula is C11H14FNO2. The molecule has 0 aromatic heterocycles. The number of aryl methyl sites for hydroxylation is 1. The Balaban J connectivity index is 2.74. The smallest absolute Gasteiger partial charge is 0.271 e. The van der Waals surface area contributed by atoms with E-state index < -0.39 is 0 Å². The lowest BCUT2D eigenvalue weighted by Crippen LogP contribution is -2.27. The summed E-state index contributed by atoms with van der Waals surface area (Å²) in [6.45, 7) is 5.28. The molecule has 0 fully saturated rings. The van der Waals surface area contributed by atoms with Crippen molar-refractivity contribution in [3.05, 3.63) is 35.1 Å². The van der Waals surface area contributed by atoms with Crippen molar-refractivity contribution in [2.24, 2.45) is 0 Å². The van der Waals surface area contributed by atoms with Gasteiger partial charge in [-0.25, -0.2) is 9.87 Å². The third-order valence-electron chi connectivity index (χ3n) is 1.82. The van der Waals surface area contributed by atoms with Crippen LogP contribution in [0.25, 0.3) is 0 Å². The van der Waals surface area contributed by atoms with Gasteiger partial charge < -0.3 is 0 Å². The molecule has 1 rings (SSSR count). The summed E-state index contributed by atoms with van der Waals surface area (Å²) in [6.07, 6.45) is -0.0882. The molecule has 15 heavy (non-hydrogen) atoms. The first-order chi connectivity index (χ1) is 7.00. The van der Waals surface area contributed by atoms with Crippen LogP contribution in [0.2, 0.25) is 0 Å². The highest BCUT2D eigenvalue weighted by molar-refractivity contribution is 5.94. The van der Waals surface area contributed by atoms with E-state index in [0.29, 0.717) is 11.1 Å². The second-order valence-corrected chi connectivity index (χ2v) is 3.56. The van der Waals surface area contributed by atoms with Crippen molar-refractivity contribution in [1.29, 1.82) is 0 Å². The molecule has 0 saturated heterocycles. The first-order valence-corrected chi connectivity index (χ1v) is 4.73. The van der Waals surface area contributed by atoms with Gasteiger partial charge in [-0.15, -0.1) is 0 Å². The first-order valence-electron chi connectivity index (χ1n) is 4.73. The van der Waals surface area contributed by atoms with Crippen LogP contribution in [0.1, 0.15) is 29.8 Å². The Hall–Kier alpha value is -1.42. The zero-order valence-electron chi connectivity index (χ0n) is 9.00. The standard InChI is InChI=1S/C11H14FNO2/c1-7(2)15-13-11(14)10-5-4-9(12)6-8(10)3/h4-7H,1-3H3,(H,13,14). The van der Waals surface area contributed by atoms with E-state index >= 15 is 0 Å². The predicted octanol–water partition coefficient (Wildman–Crippen LogP) is 2.20. The lowest BCUT2D eigenvalue weighted by molar-refractivity contribution is 0.000141. The van der Waals surface area contributed by atoms with E-state index in [-0.39, 0.29) is 17.8 Å². The zero-order chi connectivity index (χ0) is 11.4. The average molecular weight is 211 g/mol. The molecule has 4 heteroatoms. The van der Waals surface area contributed by atoms with Crippen LogP contribution in [0.4, 0.5) is 4.39 Å². The van der Waals surface area contributed by atoms with Crippen molar-refractivity contribution in [3.63, 3.8) is 0 Å². The number of amides is 1. The molecule has 1 aromatic rings. The Morgan fingerprint density at radius 3 is 2.67 bits per heavy atom. The molecule has 0 bridgehead atoms. The largest absolute Gasteiger partial charge is 0.275 e. The summed E-state index contributed by atoms with van der Waals surface area (Å²) in [5.74, 6) is -0.713. The maximum Gasteiger partial charge on any atom is 0.275 e. The third kappa shape index (κ3) is 3.32. The van der Waals surface area contributed by atoms with Crippen molar-refractivity contribution in [1.82, 2.24) is 5.48 Å². The van der Waals surface area contributed by atoms with Crippen molar-refractivity contribution in [3.8, 4) is 0 Å². The average Bonchev–Trinajstić information content (AvgIpc) is 2.14. The van der Waals surface area contributed by atoms with Gasteiger partial charge in [-0.2, -0.15) is 0 Å².